The van der Waals surface area contributed by atoms with E-state index in [9.17, 15) is 4.79 Å². The third-order valence-corrected chi connectivity index (χ3v) is 1.58. The van der Waals surface area contributed by atoms with Crippen LogP contribution in [0.1, 0.15) is 10.5 Å². The normalized spacial score (nSPS) is 10.4. The number of hydrogen-bond donors (Lipinski definition) is 1. The highest BCUT2D eigenvalue weighted by atomic mass is 35.5. The molecular weight excluding hydrogens is 206 g/mol. The Morgan fingerprint density at radius 1 is 1.71 bits per heavy atom. The molecule has 1 heterocycles. The van der Waals surface area contributed by atoms with Crippen molar-refractivity contribution in [2.75, 3.05) is 6.61 Å². The third kappa shape index (κ3) is 2.74. The van der Waals surface area contributed by atoms with Crippen molar-refractivity contribution in [2.45, 2.75) is 0 Å². The zero-order valence-corrected chi connectivity index (χ0v) is 7.94. The number of carboxylic acid groups (broad SMARTS) is 1. The predicted molar refractivity (Wildman–Crippen MR) is 51.7 cm³/mol. The fraction of sp³-hybridized carbons (Fsp3) is 0.111. The molecule has 0 radical (unpaired) electrons. The highest BCUT2D eigenvalue weighted by Crippen LogP contribution is 2.14. The summed E-state index contributed by atoms with van der Waals surface area (Å²) in [6.07, 6.45) is 2.95. The summed E-state index contributed by atoms with van der Waals surface area (Å²) in [6.45, 7) is 0.218. The molecule has 0 saturated heterocycles. The second kappa shape index (κ2) is 5.24. The van der Waals surface area contributed by atoms with E-state index in [4.69, 9.17) is 21.4 Å². The van der Waals surface area contributed by atoms with Crippen LogP contribution in [0.15, 0.2) is 29.9 Å². The van der Waals surface area contributed by atoms with Crippen molar-refractivity contribution in [3.8, 4) is 5.75 Å². The maximum atomic E-state index is 10.7. The van der Waals surface area contributed by atoms with Crippen molar-refractivity contribution >= 4 is 17.6 Å². The largest absolute Gasteiger partial charge is 0.487 e. The lowest BCUT2D eigenvalue weighted by Gasteiger charge is -2.04. The molecule has 1 aromatic rings. The van der Waals surface area contributed by atoms with E-state index >= 15 is 0 Å². The van der Waals surface area contributed by atoms with Crippen LogP contribution in [0.2, 0.25) is 0 Å². The Bertz CT molecular complexity index is 352. The molecule has 0 aliphatic rings. The minimum atomic E-state index is -1.12. The maximum absolute atomic E-state index is 10.7. The van der Waals surface area contributed by atoms with E-state index in [1.807, 2.05) is 0 Å². The number of rotatable bonds is 4. The summed E-state index contributed by atoms with van der Waals surface area (Å²) in [5, 5.41) is 8.74. The fourth-order valence-corrected chi connectivity index (χ4v) is 0.915. The van der Waals surface area contributed by atoms with E-state index in [2.05, 4.69) is 4.98 Å². The van der Waals surface area contributed by atoms with Gasteiger partial charge in [-0.15, -0.1) is 0 Å². The number of nitrogens with zero attached hydrogens (tertiary/aromatic N) is 1. The minimum absolute atomic E-state index is 0.101. The number of hydrogen-bond acceptors (Lipinski definition) is 3. The average molecular weight is 214 g/mol. The highest BCUT2D eigenvalue weighted by molar-refractivity contribution is 6.25. The van der Waals surface area contributed by atoms with Gasteiger partial charge in [-0.05, 0) is 18.2 Å². The summed E-state index contributed by atoms with van der Waals surface area (Å²) in [4.78, 5) is 14.3. The van der Waals surface area contributed by atoms with Crippen molar-refractivity contribution in [2.24, 2.45) is 0 Å². The van der Waals surface area contributed by atoms with E-state index in [-0.39, 0.29) is 18.1 Å². The van der Waals surface area contributed by atoms with Crippen molar-refractivity contribution in [3.05, 3.63) is 35.6 Å². The van der Waals surface area contributed by atoms with Crippen molar-refractivity contribution in [1.29, 1.82) is 0 Å². The van der Waals surface area contributed by atoms with E-state index in [1.165, 1.54) is 11.7 Å². The molecular formula is C9H8ClNO3. The third-order valence-electron chi connectivity index (χ3n) is 1.40. The molecule has 1 aromatic heterocycles. The van der Waals surface area contributed by atoms with Crippen LogP contribution in [0.25, 0.3) is 0 Å². The molecule has 0 unspecified atom stereocenters. The van der Waals surface area contributed by atoms with Gasteiger partial charge in [0.15, 0.2) is 11.4 Å². The van der Waals surface area contributed by atoms with Crippen LogP contribution in [-0.2, 0) is 0 Å². The zero-order valence-electron chi connectivity index (χ0n) is 7.18. The van der Waals surface area contributed by atoms with Gasteiger partial charge in [0, 0.05) is 11.7 Å². The summed E-state index contributed by atoms with van der Waals surface area (Å²) in [5.74, 6) is -0.884. The second-order valence-electron chi connectivity index (χ2n) is 2.33. The van der Waals surface area contributed by atoms with Gasteiger partial charge in [0.05, 0.1) is 0 Å². The molecule has 0 aromatic carbocycles. The van der Waals surface area contributed by atoms with Crippen LogP contribution in [-0.4, -0.2) is 22.7 Å². The van der Waals surface area contributed by atoms with Gasteiger partial charge in [-0.1, -0.05) is 11.6 Å². The van der Waals surface area contributed by atoms with Gasteiger partial charge in [-0.3, -0.25) is 0 Å². The van der Waals surface area contributed by atoms with Gasteiger partial charge < -0.3 is 9.84 Å². The number of aromatic nitrogens is 1. The molecule has 5 heteroatoms. The second-order valence-corrected chi connectivity index (χ2v) is 2.58. The van der Waals surface area contributed by atoms with Crippen LogP contribution in [0.4, 0.5) is 0 Å². The Labute approximate surface area is 85.8 Å². The summed E-state index contributed by atoms with van der Waals surface area (Å²) in [5.41, 5.74) is 1.20. The molecule has 0 aliphatic carbocycles. The zero-order chi connectivity index (χ0) is 10.4. The van der Waals surface area contributed by atoms with E-state index in [0.29, 0.717) is 0 Å². The quantitative estimate of drug-likeness (QED) is 0.830. The molecule has 0 aliphatic heterocycles. The summed E-state index contributed by atoms with van der Waals surface area (Å²) in [6, 6.07) is 3.14. The maximum Gasteiger partial charge on any atom is 0.358 e. The SMILES string of the molecule is O=C(O)c1ncccc1OCC=CCl. The number of aromatic carboxylic acids is 1. The monoisotopic (exact) mass is 213 g/mol. The van der Waals surface area contributed by atoms with Crippen molar-refractivity contribution in [1.82, 2.24) is 4.98 Å². The van der Waals surface area contributed by atoms with Gasteiger partial charge in [-0.25, -0.2) is 9.78 Å². The van der Waals surface area contributed by atoms with Crippen molar-refractivity contribution < 1.29 is 14.6 Å². The molecule has 4 nitrogen and oxygen atoms in total. The first-order chi connectivity index (χ1) is 6.75. The van der Waals surface area contributed by atoms with Gasteiger partial charge in [0.2, 0.25) is 0 Å². The standard InChI is InChI=1S/C9H8ClNO3/c10-4-2-6-14-7-3-1-5-11-8(7)9(12)13/h1-5H,6H2,(H,12,13). The topological polar surface area (TPSA) is 59.4 Å². The average Bonchev–Trinajstić information content (AvgIpc) is 2.19. The lowest BCUT2D eigenvalue weighted by Crippen LogP contribution is -2.05. The Balaban J connectivity index is 2.79. The van der Waals surface area contributed by atoms with Gasteiger partial charge in [-0.2, -0.15) is 0 Å². The van der Waals surface area contributed by atoms with Crippen LogP contribution < -0.4 is 4.74 Å². The molecule has 0 fully saturated rings. The first-order valence-electron chi connectivity index (χ1n) is 3.82. The number of ether oxygens (including phenoxy) is 1. The number of carbonyl (C=O) groups is 1. The molecule has 0 saturated carbocycles. The minimum Gasteiger partial charge on any atom is -0.487 e. The van der Waals surface area contributed by atoms with E-state index in [1.54, 1.807) is 18.2 Å². The smallest absolute Gasteiger partial charge is 0.358 e. The summed E-state index contributed by atoms with van der Waals surface area (Å²) >= 11 is 5.28. The van der Waals surface area contributed by atoms with Gasteiger partial charge in [0.1, 0.15) is 6.61 Å². The Morgan fingerprint density at radius 2 is 2.50 bits per heavy atom. The molecule has 14 heavy (non-hydrogen) atoms. The molecule has 0 spiro atoms. The Hall–Kier alpha value is -1.55. The molecule has 0 bridgehead atoms. The molecule has 1 N–H and O–H groups in total. The Morgan fingerprint density at radius 3 is 3.14 bits per heavy atom. The van der Waals surface area contributed by atoms with Crippen LogP contribution >= 0.6 is 11.6 Å². The van der Waals surface area contributed by atoms with Crippen LogP contribution in [0.5, 0.6) is 5.75 Å². The highest BCUT2D eigenvalue weighted by Gasteiger charge is 2.11. The number of pyridine rings is 1. The number of carboxylic acids is 1. The fourth-order valence-electron chi connectivity index (χ4n) is 0.842. The summed E-state index contributed by atoms with van der Waals surface area (Å²) < 4.78 is 5.12. The summed E-state index contributed by atoms with van der Waals surface area (Å²) in [7, 11) is 0. The molecule has 74 valence electrons. The van der Waals surface area contributed by atoms with Crippen LogP contribution in [0.3, 0.4) is 0 Å². The van der Waals surface area contributed by atoms with Gasteiger partial charge >= 0.3 is 5.97 Å². The molecule has 0 amide bonds. The first kappa shape index (κ1) is 10.5. The lowest BCUT2D eigenvalue weighted by molar-refractivity contribution is 0.0686. The van der Waals surface area contributed by atoms with E-state index in [0.717, 1.165) is 0 Å². The van der Waals surface area contributed by atoms with E-state index < -0.39 is 5.97 Å². The van der Waals surface area contributed by atoms with Crippen molar-refractivity contribution in [3.63, 3.8) is 0 Å². The molecule has 1 rings (SSSR count). The predicted octanol–water partition coefficient (Wildman–Crippen LogP) is 1.91. The molecule has 0 atom stereocenters. The first-order valence-corrected chi connectivity index (χ1v) is 4.25. The van der Waals surface area contributed by atoms with Crippen LogP contribution in [0, 0.1) is 0 Å². The van der Waals surface area contributed by atoms with Gasteiger partial charge in [0.25, 0.3) is 0 Å². The number of halogens is 1. The Kier molecular flexibility index (Phi) is 3.94. The lowest BCUT2D eigenvalue weighted by atomic mass is 10.3.